The molecular weight excluding hydrogens is 122 g/mol. The molecule has 1 heteroatoms. The molecule has 1 nitrogen and oxygen atoms in total. The van der Waals surface area contributed by atoms with Crippen LogP contribution in [-0.2, 0) is 0 Å². The van der Waals surface area contributed by atoms with Crippen LogP contribution < -0.4 is 5.73 Å². The van der Waals surface area contributed by atoms with E-state index in [1.807, 2.05) is 0 Å². The molecular formula is C9H13N. The zero-order valence-electron chi connectivity index (χ0n) is 6.19. The molecule has 0 aliphatic heterocycles. The van der Waals surface area contributed by atoms with Gasteiger partial charge in [0, 0.05) is 0 Å². The average Bonchev–Trinajstić information content (AvgIpc) is 1.77. The Morgan fingerprint density at radius 3 is 2.20 bits per heavy atom. The van der Waals surface area contributed by atoms with Gasteiger partial charge in [-0.2, -0.15) is 0 Å². The maximum Gasteiger partial charge on any atom is 0.0784 e. The zero-order valence-corrected chi connectivity index (χ0v) is 6.19. The molecule has 0 unspecified atom stereocenters. The first kappa shape index (κ1) is 6.24. The summed E-state index contributed by atoms with van der Waals surface area (Å²) >= 11 is 0. The molecule has 2 rings (SSSR count). The molecule has 0 aromatic rings. The van der Waals surface area contributed by atoms with E-state index in [0.717, 1.165) is 12.8 Å². The van der Waals surface area contributed by atoms with Gasteiger partial charge in [0.25, 0.3) is 0 Å². The second kappa shape index (κ2) is 1.57. The minimum absolute atomic E-state index is 0.222. The lowest BCUT2D eigenvalue weighted by Crippen LogP contribution is -2.59. The second-order valence-corrected chi connectivity index (χ2v) is 4.01. The molecule has 1 spiro atoms. The molecule has 2 aliphatic rings. The highest BCUT2D eigenvalue weighted by molar-refractivity contribution is 5.23. The summed E-state index contributed by atoms with van der Waals surface area (Å²) in [5.74, 6) is 2.68. The molecule has 0 saturated heterocycles. The van der Waals surface area contributed by atoms with Crippen LogP contribution in [0.3, 0.4) is 0 Å². The Kier molecular flexibility index (Phi) is 0.980. The first-order valence-corrected chi connectivity index (χ1v) is 3.95. The number of hydrogen-bond acceptors (Lipinski definition) is 1. The van der Waals surface area contributed by atoms with Gasteiger partial charge in [-0.25, -0.2) is 0 Å². The fraction of sp³-hybridized carbons (Fsp3) is 0.778. The smallest absolute Gasteiger partial charge is 0.0784 e. The van der Waals surface area contributed by atoms with E-state index in [0.29, 0.717) is 5.41 Å². The predicted molar refractivity (Wildman–Crippen MR) is 41.3 cm³/mol. The molecule has 0 atom stereocenters. The van der Waals surface area contributed by atoms with E-state index in [2.05, 4.69) is 5.92 Å². The quantitative estimate of drug-likeness (QED) is 0.497. The van der Waals surface area contributed by atoms with Gasteiger partial charge in [-0.05, 0) is 31.1 Å². The summed E-state index contributed by atoms with van der Waals surface area (Å²) in [4.78, 5) is 0. The van der Waals surface area contributed by atoms with Crippen molar-refractivity contribution < 1.29 is 0 Å². The van der Waals surface area contributed by atoms with E-state index in [9.17, 15) is 0 Å². The Hall–Kier alpha value is -0.480. The second-order valence-electron chi connectivity index (χ2n) is 4.01. The molecule has 54 valence electrons. The lowest BCUT2D eigenvalue weighted by Gasteiger charge is -2.57. The van der Waals surface area contributed by atoms with Crippen LogP contribution >= 0.6 is 0 Å². The molecule has 0 bridgehead atoms. The minimum atomic E-state index is -0.222. The summed E-state index contributed by atoms with van der Waals surface area (Å²) in [6.45, 7) is 0. The van der Waals surface area contributed by atoms with Gasteiger partial charge in [0.15, 0.2) is 0 Å². The van der Waals surface area contributed by atoms with Crippen molar-refractivity contribution in [2.24, 2.45) is 11.1 Å². The van der Waals surface area contributed by atoms with E-state index in [-0.39, 0.29) is 5.54 Å². The number of terminal acetylenes is 1. The molecule has 2 fully saturated rings. The van der Waals surface area contributed by atoms with Gasteiger partial charge in [0.05, 0.1) is 5.54 Å². The lowest BCUT2D eigenvalue weighted by atomic mass is 9.49. The fourth-order valence-corrected chi connectivity index (χ4v) is 2.42. The van der Waals surface area contributed by atoms with Crippen LogP contribution in [0.2, 0.25) is 0 Å². The molecule has 0 heterocycles. The zero-order chi connectivity index (χ0) is 7.24. The molecule has 0 amide bonds. The van der Waals surface area contributed by atoms with Crippen LogP contribution in [0.25, 0.3) is 0 Å². The minimum Gasteiger partial charge on any atom is -0.315 e. The Bertz CT molecular complexity index is 187. The van der Waals surface area contributed by atoms with Gasteiger partial charge in [-0.1, -0.05) is 12.3 Å². The summed E-state index contributed by atoms with van der Waals surface area (Å²) in [5.41, 5.74) is 6.24. The molecule has 10 heavy (non-hydrogen) atoms. The van der Waals surface area contributed by atoms with Crippen LogP contribution in [0.1, 0.15) is 32.1 Å². The topological polar surface area (TPSA) is 26.0 Å². The van der Waals surface area contributed by atoms with Crippen LogP contribution in [0.5, 0.6) is 0 Å². The van der Waals surface area contributed by atoms with Gasteiger partial charge in [-0.15, -0.1) is 6.42 Å². The van der Waals surface area contributed by atoms with Crippen LogP contribution in [-0.4, -0.2) is 5.54 Å². The van der Waals surface area contributed by atoms with Crippen molar-refractivity contribution in [1.82, 2.24) is 0 Å². The van der Waals surface area contributed by atoms with E-state index in [1.54, 1.807) is 0 Å². The Labute approximate surface area is 62.0 Å². The highest BCUT2D eigenvalue weighted by Gasteiger charge is 2.54. The van der Waals surface area contributed by atoms with Crippen LogP contribution in [0, 0.1) is 17.8 Å². The molecule has 2 aliphatic carbocycles. The van der Waals surface area contributed by atoms with Gasteiger partial charge >= 0.3 is 0 Å². The predicted octanol–water partition coefficient (Wildman–Crippen LogP) is 1.28. The van der Waals surface area contributed by atoms with E-state index >= 15 is 0 Å². The maximum absolute atomic E-state index is 5.85. The first-order chi connectivity index (χ1) is 4.68. The van der Waals surface area contributed by atoms with Gasteiger partial charge < -0.3 is 5.73 Å². The summed E-state index contributed by atoms with van der Waals surface area (Å²) in [6.07, 6.45) is 11.6. The molecule has 0 aromatic heterocycles. The average molecular weight is 135 g/mol. The van der Waals surface area contributed by atoms with Crippen LogP contribution in [0.4, 0.5) is 0 Å². The van der Waals surface area contributed by atoms with Gasteiger partial charge in [0.2, 0.25) is 0 Å². The van der Waals surface area contributed by atoms with Crippen LogP contribution in [0.15, 0.2) is 0 Å². The third kappa shape index (κ3) is 0.630. The Balaban J connectivity index is 2.00. The van der Waals surface area contributed by atoms with Crippen molar-refractivity contribution in [3.8, 4) is 12.3 Å². The van der Waals surface area contributed by atoms with Gasteiger partial charge in [0.1, 0.15) is 0 Å². The number of nitrogens with two attached hydrogens (primary N) is 1. The number of rotatable bonds is 0. The van der Waals surface area contributed by atoms with E-state index in [1.165, 1.54) is 19.3 Å². The lowest BCUT2D eigenvalue weighted by molar-refractivity contribution is -0.0167. The largest absolute Gasteiger partial charge is 0.315 e. The highest BCUT2D eigenvalue weighted by atomic mass is 14.8. The molecule has 0 aromatic carbocycles. The van der Waals surface area contributed by atoms with Crippen molar-refractivity contribution >= 4 is 0 Å². The molecule has 2 N–H and O–H groups in total. The van der Waals surface area contributed by atoms with Crippen molar-refractivity contribution in [3.63, 3.8) is 0 Å². The monoisotopic (exact) mass is 135 g/mol. The van der Waals surface area contributed by atoms with Crippen molar-refractivity contribution in [1.29, 1.82) is 0 Å². The van der Waals surface area contributed by atoms with Gasteiger partial charge in [-0.3, -0.25) is 0 Å². The summed E-state index contributed by atoms with van der Waals surface area (Å²) < 4.78 is 0. The van der Waals surface area contributed by atoms with Crippen molar-refractivity contribution in [2.75, 3.05) is 0 Å². The Morgan fingerprint density at radius 1 is 1.30 bits per heavy atom. The van der Waals surface area contributed by atoms with Crippen molar-refractivity contribution in [2.45, 2.75) is 37.6 Å². The summed E-state index contributed by atoms with van der Waals surface area (Å²) in [7, 11) is 0. The Morgan fingerprint density at radius 2 is 1.90 bits per heavy atom. The molecule has 0 radical (unpaired) electrons. The SMILES string of the molecule is C#CC1(N)CC2(CCC2)C1. The first-order valence-electron chi connectivity index (χ1n) is 3.95. The fourth-order valence-electron chi connectivity index (χ4n) is 2.42. The maximum atomic E-state index is 5.85. The summed E-state index contributed by atoms with van der Waals surface area (Å²) in [6, 6.07) is 0. The third-order valence-corrected chi connectivity index (χ3v) is 3.08. The van der Waals surface area contributed by atoms with E-state index < -0.39 is 0 Å². The number of hydrogen-bond donors (Lipinski definition) is 1. The molecule has 2 saturated carbocycles. The summed E-state index contributed by atoms with van der Waals surface area (Å²) in [5, 5.41) is 0. The third-order valence-electron chi connectivity index (χ3n) is 3.08. The van der Waals surface area contributed by atoms with E-state index in [4.69, 9.17) is 12.2 Å². The standard InChI is InChI=1S/C9H13N/c1-2-9(10)6-8(7-9)4-3-5-8/h1H,3-7,10H2. The normalized spacial score (nSPS) is 32.0. The highest BCUT2D eigenvalue weighted by Crippen LogP contribution is 2.59. The van der Waals surface area contributed by atoms with Crippen molar-refractivity contribution in [3.05, 3.63) is 0 Å².